The Morgan fingerprint density at radius 1 is 1.42 bits per heavy atom. The summed E-state index contributed by atoms with van der Waals surface area (Å²) >= 11 is 0. The van der Waals surface area contributed by atoms with E-state index >= 15 is 0 Å². The Morgan fingerprint density at radius 3 is 3.00 bits per heavy atom. The number of nitrogens with two attached hydrogens (primary N) is 1. The third-order valence-corrected chi connectivity index (χ3v) is 4.25. The van der Waals surface area contributed by atoms with Crippen LogP contribution in [0.25, 0.3) is 11.0 Å². The summed E-state index contributed by atoms with van der Waals surface area (Å²) in [6.45, 7) is 0. The van der Waals surface area contributed by atoms with Crippen molar-refractivity contribution in [2.24, 2.45) is 0 Å². The van der Waals surface area contributed by atoms with Crippen molar-refractivity contribution in [1.82, 2.24) is 9.55 Å². The summed E-state index contributed by atoms with van der Waals surface area (Å²) in [6, 6.07) is 7.92. The van der Waals surface area contributed by atoms with Gasteiger partial charge in [0, 0.05) is 0 Å². The number of hydrogen-bond donors (Lipinski definition) is 1. The molecule has 96 valence electrons. The highest BCUT2D eigenvalue weighted by atomic mass is 16.5. The number of imidazole rings is 1. The van der Waals surface area contributed by atoms with Crippen molar-refractivity contribution in [2.45, 2.75) is 37.5 Å². The number of nitriles is 1. The number of rotatable bonds is 1. The van der Waals surface area contributed by atoms with Gasteiger partial charge in [0.2, 0.25) is 5.95 Å². The minimum absolute atomic E-state index is 0.246. The first-order valence-corrected chi connectivity index (χ1v) is 6.59. The van der Waals surface area contributed by atoms with Gasteiger partial charge in [0.1, 0.15) is 0 Å². The average Bonchev–Trinajstić information content (AvgIpc) is 3.09. The maximum atomic E-state index is 9.03. The van der Waals surface area contributed by atoms with Crippen molar-refractivity contribution < 1.29 is 4.74 Å². The molecule has 4 rings (SSSR count). The van der Waals surface area contributed by atoms with E-state index in [9.17, 15) is 0 Å². The second-order valence-electron chi connectivity index (χ2n) is 5.33. The summed E-state index contributed by atoms with van der Waals surface area (Å²) in [7, 11) is 0. The summed E-state index contributed by atoms with van der Waals surface area (Å²) in [6.07, 6.45) is 3.85. The van der Waals surface area contributed by atoms with Gasteiger partial charge in [-0.2, -0.15) is 5.26 Å². The number of fused-ring (bicyclic) bond motifs is 3. The van der Waals surface area contributed by atoms with Crippen LogP contribution >= 0.6 is 0 Å². The number of ether oxygens (including phenoxy) is 1. The molecule has 2 bridgehead atoms. The lowest BCUT2D eigenvalue weighted by atomic mass is 9.95. The summed E-state index contributed by atoms with van der Waals surface area (Å²) in [5.74, 6) is 0.520. The summed E-state index contributed by atoms with van der Waals surface area (Å²) in [5.41, 5.74) is 8.50. The molecule has 19 heavy (non-hydrogen) atoms. The average molecular weight is 254 g/mol. The van der Waals surface area contributed by atoms with Gasteiger partial charge in [0.25, 0.3) is 0 Å². The summed E-state index contributed by atoms with van der Waals surface area (Å²) < 4.78 is 7.96. The first-order chi connectivity index (χ1) is 9.26. The fraction of sp³-hybridized carbons (Fsp3) is 0.429. The highest BCUT2D eigenvalue weighted by Gasteiger charge is 2.42. The highest BCUT2D eigenvalue weighted by Crippen LogP contribution is 2.43. The maximum absolute atomic E-state index is 9.03. The topological polar surface area (TPSA) is 76.9 Å². The van der Waals surface area contributed by atoms with E-state index in [1.54, 1.807) is 6.07 Å². The second kappa shape index (κ2) is 3.72. The van der Waals surface area contributed by atoms with E-state index in [1.165, 1.54) is 0 Å². The predicted octanol–water partition coefficient (Wildman–Crippen LogP) is 1.98. The van der Waals surface area contributed by atoms with Crippen molar-refractivity contribution in [3.05, 3.63) is 23.8 Å². The molecule has 2 fully saturated rings. The van der Waals surface area contributed by atoms with Crippen LogP contribution < -0.4 is 5.73 Å². The Morgan fingerprint density at radius 2 is 2.32 bits per heavy atom. The Bertz CT molecular complexity index is 699. The number of benzene rings is 1. The molecule has 5 nitrogen and oxygen atoms in total. The lowest BCUT2D eigenvalue weighted by Gasteiger charge is -2.22. The monoisotopic (exact) mass is 254 g/mol. The number of aromatic nitrogens is 2. The third kappa shape index (κ3) is 1.47. The van der Waals surface area contributed by atoms with Crippen LogP contribution in [0.1, 0.15) is 30.9 Å². The van der Waals surface area contributed by atoms with Gasteiger partial charge in [-0.1, -0.05) is 0 Å². The molecule has 0 saturated carbocycles. The van der Waals surface area contributed by atoms with Crippen LogP contribution in [0.15, 0.2) is 18.2 Å². The van der Waals surface area contributed by atoms with Gasteiger partial charge >= 0.3 is 0 Å². The predicted molar refractivity (Wildman–Crippen MR) is 70.4 cm³/mol. The maximum Gasteiger partial charge on any atom is 0.201 e. The van der Waals surface area contributed by atoms with Crippen molar-refractivity contribution in [3.8, 4) is 6.07 Å². The van der Waals surface area contributed by atoms with Crippen LogP contribution in [0.2, 0.25) is 0 Å². The zero-order valence-corrected chi connectivity index (χ0v) is 10.4. The molecular formula is C14H14N4O. The van der Waals surface area contributed by atoms with Crippen LogP contribution in [0.3, 0.4) is 0 Å². The molecule has 0 spiro atoms. The fourth-order valence-corrected chi connectivity index (χ4v) is 3.41. The van der Waals surface area contributed by atoms with Gasteiger partial charge in [-0.25, -0.2) is 4.98 Å². The number of nitrogens with zero attached hydrogens (tertiary/aromatic N) is 3. The Kier molecular flexibility index (Phi) is 2.12. The number of hydrogen-bond acceptors (Lipinski definition) is 4. The van der Waals surface area contributed by atoms with Crippen molar-refractivity contribution in [3.63, 3.8) is 0 Å². The number of anilines is 1. The Hall–Kier alpha value is -2.06. The zero-order valence-electron chi connectivity index (χ0n) is 10.4. The van der Waals surface area contributed by atoms with Crippen molar-refractivity contribution in [1.29, 1.82) is 5.26 Å². The quantitative estimate of drug-likeness (QED) is 0.844. The van der Waals surface area contributed by atoms with Gasteiger partial charge in [-0.3, -0.25) is 0 Å². The van der Waals surface area contributed by atoms with E-state index < -0.39 is 0 Å². The molecule has 3 heterocycles. The van der Waals surface area contributed by atoms with E-state index in [-0.39, 0.29) is 12.1 Å². The standard InChI is InChI=1S/C14H14N4O/c15-7-8-1-3-10-11(5-8)18(14(16)17-10)12-6-9-2-4-13(12)19-9/h1,3,5,9,12-13H,2,4,6H2,(H2,16,17). The highest BCUT2D eigenvalue weighted by molar-refractivity contribution is 5.80. The first kappa shape index (κ1) is 10.8. The second-order valence-corrected chi connectivity index (χ2v) is 5.33. The lowest BCUT2D eigenvalue weighted by Crippen LogP contribution is -2.22. The molecule has 0 radical (unpaired) electrons. The van der Waals surface area contributed by atoms with Gasteiger partial charge in [-0.15, -0.1) is 0 Å². The van der Waals surface area contributed by atoms with E-state index in [1.807, 2.05) is 12.1 Å². The fourth-order valence-electron chi connectivity index (χ4n) is 3.41. The molecule has 5 heteroatoms. The Balaban J connectivity index is 1.89. The van der Waals surface area contributed by atoms with Crippen LogP contribution in [-0.2, 0) is 4.74 Å². The van der Waals surface area contributed by atoms with E-state index in [2.05, 4.69) is 15.6 Å². The van der Waals surface area contributed by atoms with E-state index in [0.29, 0.717) is 17.6 Å². The molecule has 0 aliphatic carbocycles. The lowest BCUT2D eigenvalue weighted by molar-refractivity contribution is 0.0945. The molecule has 0 amide bonds. The SMILES string of the molecule is N#Cc1ccc2nc(N)n(C3CC4CCC3O4)c2c1. The van der Waals surface area contributed by atoms with Crippen LogP contribution in [-0.4, -0.2) is 21.8 Å². The zero-order chi connectivity index (χ0) is 13.0. The molecule has 1 aromatic heterocycles. The normalized spacial score (nSPS) is 28.9. The molecule has 3 atom stereocenters. The van der Waals surface area contributed by atoms with E-state index in [4.69, 9.17) is 15.7 Å². The molecule has 2 saturated heterocycles. The summed E-state index contributed by atoms with van der Waals surface area (Å²) in [4.78, 5) is 4.39. The minimum atomic E-state index is 0.246. The van der Waals surface area contributed by atoms with Crippen LogP contribution in [0, 0.1) is 11.3 Å². The number of nitrogen functional groups attached to an aromatic ring is 1. The first-order valence-electron chi connectivity index (χ1n) is 6.59. The smallest absolute Gasteiger partial charge is 0.201 e. The molecular weight excluding hydrogens is 240 g/mol. The molecule has 2 aliphatic heterocycles. The summed E-state index contributed by atoms with van der Waals surface area (Å²) in [5, 5.41) is 9.03. The molecule has 1 aromatic carbocycles. The van der Waals surface area contributed by atoms with Crippen molar-refractivity contribution in [2.75, 3.05) is 5.73 Å². The van der Waals surface area contributed by atoms with Gasteiger partial charge in [-0.05, 0) is 37.5 Å². The van der Waals surface area contributed by atoms with E-state index in [0.717, 1.165) is 30.3 Å². The third-order valence-electron chi connectivity index (χ3n) is 4.25. The van der Waals surface area contributed by atoms with Crippen LogP contribution in [0.5, 0.6) is 0 Å². The minimum Gasteiger partial charge on any atom is -0.373 e. The largest absolute Gasteiger partial charge is 0.373 e. The molecule has 2 N–H and O–H groups in total. The van der Waals surface area contributed by atoms with Crippen molar-refractivity contribution >= 4 is 17.0 Å². The molecule has 2 aromatic rings. The van der Waals surface area contributed by atoms with Gasteiger partial charge in [0.05, 0.1) is 40.9 Å². The Labute approximate surface area is 110 Å². The van der Waals surface area contributed by atoms with Gasteiger partial charge in [0.15, 0.2) is 0 Å². The van der Waals surface area contributed by atoms with Crippen LogP contribution in [0.4, 0.5) is 5.95 Å². The molecule has 2 aliphatic rings. The molecule has 3 unspecified atom stereocenters. The van der Waals surface area contributed by atoms with Gasteiger partial charge < -0.3 is 15.0 Å².